The van der Waals surface area contributed by atoms with Crippen LogP contribution in [-0.4, -0.2) is 21.3 Å². The number of nitrogen functional groups attached to an aromatic ring is 1. The van der Waals surface area contributed by atoms with Crippen LogP contribution in [0.1, 0.15) is 11.3 Å². The van der Waals surface area contributed by atoms with Gasteiger partial charge in [-0.25, -0.2) is 4.98 Å². The Morgan fingerprint density at radius 1 is 1.47 bits per heavy atom. The maximum atomic E-state index is 5.86. The molecule has 0 aliphatic heterocycles. The Bertz CT molecular complexity index is 503. The molecule has 2 aromatic heterocycles. The molecule has 0 saturated carbocycles. The lowest BCUT2D eigenvalue weighted by Crippen LogP contribution is -2.09. The van der Waals surface area contributed by atoms with Crippen molar-refractivity contribution in [1.82, 2.24) is 14.8 Å². The van der Waals surface area contributed by atoms with E-state index in [9.17, 15) is 0 Å². The first-order valence-corrected chi connectivity index (χ1v) is 5.59. The van der Waals surface area contributed by atoms with Crippen LogP contribution in [-0.2, 0) is 13.5 Å². The van der Waals surface area contributed by atoms with Gasteiger partial charge in [0.25, 0.3) is 0 Å². The molecule has 0 aliphatic rings. The van der Waals surface area contributed by atoms with Crippen molar-refractivity contribution >= 4 is 11.5 Å². The maximum absolute atomic E-state index is 5.86. The number of pyridine rings is 1. The van der Waals surface area contributed by atoms with Gasteiger partial charge in [-0.1, -0.05) is 0 Å². The standard InChI is InChI=1S/C12H17N5/c1-9-7-11(13)12(15-8-9)14-5-3-10-4-6-17(2)16-10/h4,6-8H,3,5,13H2,1-2H3,(H,14,15). The SMILES string of the molecule is Cc1cnc(NCCc2ccn(C)n2)c(N)c1. The van der Waals surface area contributed by atoms with Crippen molar-refractivity contribution in [3.05, 3.63) is 35.8 Å². The zero-order valence-electron chi connectivity index (χ0n) is 10.1. The summed E-state index contributed by atoms with van der Waals surface area (Å²) < 4.78 is 1.80. The van der Waals surface area contributed by atoms with Crippen LogP contribution in [0.3, 0.4) is 0 Å². The van der Waals surface area contributed by atoms with Crippen LogP contribution in [0.4, 0.5) is 11.5 Å². The Hall–Kier alpha value is -2.04. The fraction of sp³-hybridized carbons (Fsp3) is 0.333. The molecule has 2 aromatic rings. The molecule has 5 nitrogen and oxygen atoms in total. The van der Waals surface area contributed by atoms with E-state index in [0.717, 1.165) is 30.0 Å². The van der Waals surface area contributed by atoms with Crippen LogP contribution < -0.4 is 11.1 Å². The monoisotopic (exact) mass is 231 g/mol. The van der Waals surface area contributed by atoms with Gasteiger partial charge in [0.05, 0.1) is 11.4 Å². The summed E-state index contributed by atoms with van der Waals surface area (Å²) in [6.07, 6.45) is 4.60. The number of nitrogens with two attached hydrogens (primary N) is 1. The van der Waals surface area contributed by atoms with Crippen LogP contribution in [0.5, 0.6) is 0 Å². The van der Waals surface area contributed by atoms with Crippen LogP contribution >= 0.6 is 0 Å². The topological polar surface area (TPSA) is 68.8 Å². The predicted octanol–water partition coefficient (Wildman–Crippen LogP) is 1.36. The summed E-state index contributed by atoms with van der Waals surface area (Å²) in [4.78, 5) is 4.25. The second kappa shape index (κ2) is 4.86. The van der Waals surface area contributed by atoms with Gasteiger partial charge < -0.3 is 11.1 Å². The summed E-state index contributed by atoms with van der Waals surface area (Å²) in [6, 6.07) is 3.92. The normalized spacial score (nSPS) is 10.5. The van der Waals surface area contributed by atoms with Crippen molar-refractivity contribution in [3.63, 3.8) is 0 Å². The number of nitrogens with zero attached hydrogens (tertiary/aromatic N) is 3. The van der Waals surface area contributed by atoms with E-state index < -0.39 is 0 Å². The third-order valence-corrected chi connectivity index (χ3v) is 2.50. The predicted molar refractivity (Wildman–Crippen MR) is 68.8 cm³/mol. The van der Waals surface area contributed by atoms with Gasteiger partial charge in [-0.2, -0.15) is 5.10 Å². The van der Waals surface area contributed by atoms with E-state index >= 15 is 0 Å². The van der Waals surface area contributed by atoms with Crippen LogP contribution in [0.25, 0.3) is 0 Å². The first-order chi connectivity index (χ1) is 8.15. The van der Waals surface area contributed by atoms with Gasteiger partial charge in [0, 0.05) is 32.4 Å². The van der Waals surface area contributed by atoms with E-state index in [1.165, 1.54) is 0 Å². The minimum Gasteiger partial charge on any atom is -0.396 e. The molecule has 0 unspecified atom stereocenters. The fourth-order valence-electron chi connectivity index (χ4n) is 1.64. The van der Waals surface area contributed by atoms with Crippen molar-refractivity contribution in [2.24, 2.45) is 7.05 Å². The highest BCUT2D eigenvalue weighted by molar-refractivity contribution is 5.61. The molecule has 0 atom stereocenters. The molecule has 0 fully saturated rings. The van der Waals surface area contributed by atoms with Gasteiger partial charge in [-0.15, -0.1) is 0 Å². The number of nitrogens with one attached hydrogen (secondary N) is 1. The van der Waals surface area contributed by atoms with Gasteiger partial charge in [-0.3, -0.25) is 4.68 Å². The van der Waals surface area contributed by atoms with Gasteiger partial charge in [0.2, 0.25) is 0 Å². The number of aryl methyl sites for hydroxylation is 2. The fourth-order valence-corrected chi connectivity index (χ4v) is 1.64. The molecule has 3 N–H and O–H groups in total. The van der Waals surface area contributed by atoms with E-state index in [-0.39, 0.29) is 0 Å². The zero-order valence-corrected chi connectivity index (χ0v) is 10.1. The number of rotatable bonds is 4. The van der Waals surface area contributed by atoms with E-state index in [0.29, 0.717) is 5.69 Å². The molecule has 0 amide bonds. The molecule has 17 heavy (non-hydrogen) atoms. The molecule has 0 spiro atoms. The maximum Gasteiger partial charge on any atom is 0.149 e. The average Bonchev–Trinajstić information content (AvgIpc) is 2.68. The van der Waals surface area contributed by atoms with Gasteiger partial charge in [-0.05, 0) is 24.6 Å². The summed E-state index contributed by atoms with van der Waals surface area (Å²) in [5.74, 6) is 0.742. The second-order valence-electron chi connectivity index (χ2n) is 4.11. The minimum absolute atomic E-state index is 0.686. The van der Waals surface area contributed by atoms with Crippen molar-refractivity contribution < 1.29 is 0 Å². The molecule has 0 saturated heterocycles. The number of anilines is 2. The number of aromatic nitrogens is 3. The van der Waals surface area contributed by atoms with Gasteiger partial charge in [0.1, 0.15) is 5.82 Å². The van der Waals surface area contributed by atoms with E-state index in [4.69, 9.17) is 5.73 Å². The molecule has 0 aromatic carbocycles. The largest absolute Gasteiger partial charge is 0.396 e. The van der Waals surface area contributed by atoms with Crippen molar-refractivity contribution in [2.45, 2.75) is 13.3 Å². The van der Waals surface area contributed by atoms with E-state index in [1.807, 2.05) is 32.3 Å². The molecular formula is C12H17N5. The molecule has 0 bridgehead atoms. The van der Waals surface area contributed by atoms with Crippen molar-refractivity contribution in [3.8, 4) is 0 Å². The Morgan fingerprint density at radius 3 is 2.94 bits per heavy atom. The summed E-state index contributed by atoms with van der Waals surface area (Å²) in [7, 11) is 1.91. The highest BCUT2D eigenvalue weighted by atomic mass is 15.2. The number of hydrogen-bond donors (Lipinski definition) is 2. The third-order valence-electron chi connectivity index (χ3n) is 2.50. The summed E-state index contributed by atoms with van der Waals surface area (Å²) in [5, 5.41) is 7.52. The molecule has 90 valence electrons. The van der Waals surface area contributed by atoms with Crippen LogP contribution in [0.2, 0.25) is 0 Å². The van der Waals surface area contributed by atoms with E-state index in [2.05, 4.69) is 15.4 Å². The molecule has 2 heterocycles. The Balaban J connectivity index is 1.90. The Kier molecular flexibility index (Phi) is 3.27. The lowest BCUT2D eigenvalue weighted by atomic mass is 10.2. The van der Waals surface area contributed by atoms with E-state index in [1.54, 1.807) is 10.9 Å². The molecular weight excluding hydrogens is 214 g/mol. The number of hydrogen-bond acceptors (Lipinski definition) is 4. The first kappa shape index (κ1) is 11.4. The molecule has 5 heteroatoms. The third kappa shape index (κ3) is 2.96. The highest BCUT2D eigenvalue weighted by Gasteiger charge is 2.01. The quantitative estimate of drug-likeness (QED) is 0.833. The summed E-state index contributed by atoms with van der Waals surface area (Å²) in [5.41, 5.74) is 8.67. The molecule has 0 aliphatic carbocycles. The Morgan fingerprint density at radius 2 is 2.29 bits per heavy atom. The average molecular weight is 231 g/mol. The lowest BCUT2D eigenvalue weighted by molar-refractivity contribution is 0.742. The summed E-state index contributed by atoms with van der Waals surface area (Å²) >= 11 is 0. The second-order valence-corrected chi connectivity index (χ2v) is 4.11. The highest BCUT2D eigenvalue weighted by Crippen LogP contribution is 2.15. The molecule has 0 radical (unpaired) electrons. The van der Waals surface area contributed by atoms with Gasteiger partial charge in [0.15, 0.2) is 0 Å². The minimum atomic E-state index is 0.686. The van der Waals surface area contributed by atoms with Crippen LogP contribution in [0.15, 0.2) is 24.5 Å². The van der Waals surface area contributed by atoms with Crippen molar-refractivity contribution in [2.75, 3.05) is 17.6 Å². The molecule has 2 rings (SSSR count). The first-order valence-electron chi connectivity index (χ1n) is 5.59. The van der Waals surface area contributed by atoms with Gasteiger partial charge >= 0.3 is 0 Å². The Labute approximate surface area is 101 Å². The zero-order chi connectivity index (χ0) is 12.3. The van der Waals surface area contributed by atoms with Crippen LogP contribution in [0, 0.1) is 6.92 Å². The van der Waals surface area contributed by atoms with Crippen molar-refractivity contribution in [1.29, 1.82) is 0 Å². The summed E-state index contributed by atoms with van der Waals surface area (Å²) in [6.45, 7) is 2.75. The lowest BCUT2D eigenvalue weighted by Gasteiger charge is -2.07. The smallest absolute Gasteiger partial charge is 0.149 e.